The van der Waals surface area contributed by atoms with E-state index in [1.165, 1.54) is 0 Å². The maximum atomic E-state index is 12.2. The highest BCUT2D eigenvalue weighted by atomic mass is 35.5. The Balaban J connectivity index is 1.98. The highest BCUT2D eigenvalue weighted by Gasteiger charge is 2.27. The minimum Gasteiger partial charge on any atom is -0.391 e. The normalized spacial score (nSPS) is 21.1. The molecule has 1 amide bonds. The molecule has 3 nitrogen and oxygen atoms in total. The molecule has 0 bridgehead atoms. The standard InChI is InChI=1S/C14H18ClNO2/c1-10(8-11-4-2-3-5-13(11)15)14(18)16-7-6-12(17)9-16/h2-5,10,12,17H,6-9H2,1H3/t10?,12-/m1/s1. The van der Waals surface area contributed by atoms with E-state index in [0.29, 0.717) is 31.0 Å². The van der Waals surface area contributed by atoms with Crippen LogP contribution in [-0.4, -0.2) is 35.1 Å². The molecule has 0 spiro atoms. The third-order valence-corrected chi connectivity index (χ3v) is 3.75. The SMILES string of the molecule is CC(Cc1ccccc1Cl)C(=O)N1CC[C@@H](O)C1. The zero-order chi connectivity index (χ0) is 13.1. The number of nitrogens with zero attached hydrogens (tertiary/aromatic N) is 1. The Morgan fingerprint density at radius 3 is 2.89 bits per heavy atom. The molecule has 0 saturated carbocycles. The van der Waals surface area contributed by atoms with E-state index in [9.17, 15) is 9.90 Å². The number of likely N-dealkylation sites (tertiary alicyclic amines) is 1. The maximum absolute atomic E-state index is 12.2. The fraction of sp³-hybridized carbons (Fsp3) is 0.500. The zero-order valence-corrected chi connectivity index (χ0v) is 11.2. The van der Waals surface area contributed by atoms with E-state index in [1.54, 1.807) is 4.90 Å². The third kappa shape index (κ3) is 3.03. The molecule has 1 fully saturated rings. The van der Waals surface area contributed by atoms with Gasteiger partial charge in [0.1, 0.15) is 0 Å². The summed E-state index contributed by atoms with van der Waals surface area (Å²) < 4.78 is 0. The highest BCUT2D eigenvalue weighted by Crippen LogP contribution is 2.21. The molecule has 1 saturated heterocycles. The predicted octanol–water partition coefficient (Wildman–Crippen LogP) is 2.11. The molecular weight excluding hydrogens is 250 g/mol. The van der Waals surface area contributed by atoms with Crippen molar-refractivity contribution in [2.45, 2.75) is 25.9 Å². The summed E-state index contributed by atoms with van der Waals surface area (Å²) >= 11 is 6.09. The number of hydrogen-bond acceptors (Lipinski definition) is 2. The van der Waals surface area contributed by atoms with Gasteiger partial charge < -0.3 is 10.0 Å². The molecule has 1 aliphatic rings. The molecule has 1 aliphatic heterocycles. The van der Waals surface area contributed by atoms with E-state index >= 15 is 0 Å². The van der Waals surface area contributed by atoms with E-state index < -0.39 is 0 Å². The average molecular weight is 268 g/mol. The first-order chi connectivity index (χ1) is 8.58. The minimum absolute atomic E-state index is 0.102. The molecule has 0 radical (unpaired) electrons. The van der Waals surface area contributed by atoms with Gasteiger partial charge in [0.15, 0.2) is 0 Å². The van der Waals surface area contributed by atoms with Gasteiger partial charge in [0.2, 0.25) is 5.91 Å². The van der Waals surface area contributed by atoms with Crippen molar-refractivity contribution in [3.8, 4) is 0 Å². The molecule has 2 rings (SSSR count). The topological polar surface area (TPSA) is 40.5 Å². The third-order valence-electron chi connectivity index (χ3n) is 3.38. The van der Waals surface area contributed by atoms with E-state index in [-0.39, 0.29) is 17.9 Å². The first kappa shape index (κ1) is 13.4. The van der Waals surface area contributed by atoms with Crippen LogP contribution < -0.4 is 0 Å². The lowest BCUT2D eigenvalue weighted by atomic mass is 10.00. The van der Waals surface area contributed by atoms with Crippen molar-refractivity contribution >= 4 is 17.5 Å². The average Bonchev–Trinajstić information content (AvgIpc) is 2.78. The van der Waals surface area contributed by atoms with Crippen LogP contribution in [0.5, 0.6) is 0 Å². The van der Waals surface area contributed by atoms with Gasteiger partial charge in [-0.05, 0) is 24.5 Å². The quantitative estimate of drug-likeness (QED) is 0.911. The van der Waals surface area contributed by atoms with Crippen LogP contribution in [-0.2, 0) is 11.2 Å². The van der Waals surface area contributed by atoms with Crippen LogP contribution in [0.25, 0.3) is 0 Å². The Bertz CT molecular complexity index is 436. The number of halogens is 1. The molecule has 2 atom stereocenters. The molecule has 1 aromatic rings. The zero-order valence-electron chi connectivity index (χ0n) is 10.5. The highest BCUT2D eigenvalue weighted by molar-refractivity contribution is 6.31. The predicted molar refractivity (Wildman–Crippen MR) is 71.5 cm³/mol. The molecular formula is C14H18ClNO2. The van der Waals surface area contributed by atoms with Crippen molar-refractivity contribution in [2.75, 3.05) is 13.1 Å². The van der Waals surface area contributed by atoms with Gasteiger partial charge in [-0.25, -0.2) is 0 Å². The van der Waals surface area contributed by atoms with Crippen molar-refractivity contribution in [3.05, 3.63) is 34.9 Å². The maximum Gasteiger partial charge on any atom is 0.225 e. The van der Waals surface area contributed by atoms with Crippen molar-refractivity contribution < 1.29 is 9.90 Å². The largest absolute Gasteiger partial charge is 0.391 e. The number of aliphatic hydroxyl groups is 1. The Labute approximate surface area is 112 Å². The number of rotatable bonds is 3. The van der Waals surface area contributed by atoms with E-state index in [2.05, 4.69) is 0 Å². The first-order valence-corrected chi connectivity index (χ1v) is 6.66. The lowest BCUT2D eigenvalue weighted by Crippen LogP contribution is -2.34. The van der Waals surface area contributed by atoms with Crippen LogP contribution in [0.4, 0.5) is 0 Å². The lowest BCUT2D eigenvalue weighted by Gasteiger charge is -2.20. The molecule has 98 valence electrons. The van der Waals surface area contributed by atoms with Gasteiger partial charge >= 0.3 is 0 Å². The molecule has 1 heterocycles. The minimum atomic E-state index is -0.360. The Morgan fingerprint density at radius 2 is 2.28 bits per heavy atom. The molecule has 1 aromatic carbocycles. The van der Waals surface area contributed by atoms with Crippen molar-refractivity contribution in [3.63, 3.8) is 0 Å². The summed E-state index contributed by atoms with van der Waals surface area (Å²) in [4.78, 5) is 13.9. The van der Waals surface area contributed by atoms with Crippen LogP contribution in [0.2, 0.25) is 5.02 Å². The second-order valence-corrected chi connectivity index (χ2v) is 5.33. The van der Waals surface area contributed by atoms with Crippen LogP contribution >= 0.6 is 11.6 Å². The summed E-state index contributed by atoms with van der Waals surface area (Å²) in [7, 11) is 0. The van der Waals surface area contributed by atoms with Crippen molar-refractivity contribution in [1.29, 1.82) is 0 Å². The monoisotopic (exact) mass is 267 g/mol. The molecule has 18 heavy (non-hydrogen) atoms. The van der Waals surface area contributed by atoms with Crippen molar-refractivity contribution in [2.24, 2.45) is 5.92 Å². The number of β-amino-alcohol motifs (C(OH)–C–C–N with tert-alkyl or cyclic N) is 1. The summed E-state index contributed by atoms with van der Waals surface area (Å²) in [6.07, 6.45) is 0.969. The fourth-order valence-electron chi connectivity index (χ4n) is 2.33. The molecule has 1 N–H and O–H groups in total. The summed E-state index contributed by atoms with van der Waals surface area (Å²) in [6, 6.07) is 7.60. The van der Waals surface area contributed by atoms with Crippen molar-refractivity contribution in [1.82, 2.24) is 4.90 Å². The molecule has 4 heteroatoms. The van der Waals surface area contributed by atoms with Crippen LogP contribution in [0.15, 0.2) is 24.3 Å². The Kier molecular flexibility index (Phi) is 4.25. The number of carbonyl (C=O) groups is 1. The van der Waals surface area contributed by atoms with Crippen LogP contribution in [0.1, 0.15) is 18.9 Å². The van der Waals surface area contributed by atoms with E-state index in [0.717, 1.165) is 5.56 Å². The molecule has 0 aliphatic carbocycles. The summed E-state index contributed by atoms with van der Waals surface area (Å²) in [5.74, 6) is 0.00155. The van der Waals surface area contributed by atoms with Gasteiger partial charge in [-0.1, -0.05) is 36.7 Å². The number of carbonyl (C=O) groups excluding carboxylic acids is 1. The van der Waals surface area contributed by atoms with Crippen LogP contribution in [0.3, 0.4) is 0 Å². The van der Waals surface area contributed by atoms with Gasteiger partial charge in [-0.2, -0.15) is 0 Å². The number of aliphatic hydroxyl groups excluding tert-OH is 1. The first-order valence-electron chi connectivity index (χ1n) is 6.28. The number of amides is 1. The van der Waals surface area contributed by atoms with Gasteiger partial charge in [0.05, 0.1) is 6.10 Å². The smallest absolute Gasteiger partial charge is 0.225 e. The summed E-state index contributed by atoms with van der Waals surface area (Å²) in [5, 5.41) is 10.2. The Hall–Kier alpha value is -1.06. The van der Waals surface area contributed by atoms with E-state index in [1.807, 2.05) is 31.2 Å². The lowest BCUT2D eigenvalue weighted by molar-refractivity contribution is -0.134. The fourth-order valence-corrected chi connectivity index (χ4v) is 2.55. The van der Waals surface area contributed by atoms with Gasteiger partial charge in [-0.15, -0.1) is 0 Å². The molecule has 1 unspecified atom stereocenters. The van der Waals surface area contributed by atoms with Gasteiger partial charge in [-0.3, -0.25) is 4.79 Å². The second-order valence-electron chi connectivity index (χ2n) is 4.92. The summed E-state index contributed by atoms with van der Waals surface area (Å²) in [6.45, 7) is 3.04. The molecule has 0 aromatic heterocycles. The van der Waals surface area contributed by atoms with Gasteiger partial charge in [0.25, 0.3) is 0 Å². The number of hydrogen-bond donors (Lipinski definition) is 1. The Morgan fingerprint density at radius 1 is 1.56 bits per heavy atom. The summed E-state index contributed by atoms with van der Waals surface area (Å²) in [5.41, 5.74) is 1.000. The van der Waals surface area contributed by atoms with E-state index in [4.69, 9.17) is 11.6 Å². The second kappa shape index (κ2) is 5.72. The van der Waals surface area contributed by atoms with Crippen LogP contribution in [0, 0.1) is 5.92 Å². The van der Waals surface area contributed by atoms with Gasteiger partial charge in [0, 0.05) is 24.0 Å². The number of benzene rings is 1.